The molecule has 1 aliphatic rings. The van der Waals surface area contributed by atoms with Crippen molar-refractivity contribution >= 4 is 40.7 Å². The standard InChI is InChI=1S/C13H6ClNO4S/c14-10-6-5-9(20-10)13(18)19-15-11(16)7-3-1-2-4-8(7)12(15)17/h1-6H. The third-order valence-corrected chi connectivity index (χ3v) is 3.92. The fraction of sp³-hybridized carbons (Fsp3) is 0. The number of hydrogen-bond acceptors (Lipinski definition) is 5. The third-order valence-electron chi connectivity index (χ3n) is 2.71. The van der Waals surface area contributed by atoms with Crippen molar-refractivity contribution in [2.24, 2.45) is 0 Å². The fourth-order valence-electron chi connectivity index (χ4n) is 1.80. The van der Waals surface area contributed by atoms with Crippen molar-refractivity contribution in [1.82, 2.24) is 5.06 Å². The van der Waals surface area contributed by atoms with Crippen LogP contribution in [-0.4, -0.2) is 22.8 Å². The molecule has 0 radical (unpaired) electrons. The van der Waals surface area contributed by atoms with Crippen molar-refractivity contribution in [3.63, 3.8) is 0 Å². The van der Waals surface area contributed by atoms with Gasteiger partial charge in [-0.25, -0.2) is 4.79 Å². The minimum Gasteiger partial charge on any atom is -0.323 e. The highest BCUT2D eigenvalue weighted by molar-refractivity contribution is 7.17. The van der Waals surface area contributed by atoms with E-state index in [-0.39, 0.29) is 16.0 Å². The summed E-state index contributed by atoms with van der Waals surface area (Å²) in [6.45, 7) is 0. The number of rotatable bonds is 2. The van der Waals surface area contributed by atoms with E-state index in [0.717, 1.165) is 11.3 Å². The second-order valence-corrected chi connectivity index (χ2v) is 5.65. The summed E-state index contributed by atoms with van der Waals surface area (Å²) < 4.78 is 0.416. The van der Waals surface area contributed by atoms with Crippen molar-refractivity contribution in [1.29, 1.82) is 0 Å². The number of hydrogen-bond donors (Lipinski definition) is 0. The first-order chi connectivity index (χ1) is 9.58. The van der Waals surface area contributed by atoms with Gasteiger partial charge in [0, 0.05) is 0 Å². The zero-order valence-electron chi connectivity index (χ0n) is 9.83. The van der Waals surface area contributed by atoms with Gasteiger partial charge in [0.05, 0.1) is 15.5 Å². The molecule has 5 nitrogen and oxygen atoms in total. The van der Waals surface area contributed by atoms with E-state index in [4.69, 9.17) is 16.4 Å². The quantitative estimate of drug-likeness (QED) is 0.800. The predicted octanol–water partition coefficient (Wildman–Crippen LogP) is 2.77. The second-order valence-electron chi connectivity index (χ2n) is 3.93. The molecule has 0 saturated heterocycles. The Kier molecular flexibility index (Phi) is 3.04. The first-order valence-corrected chi connectivity index (χ1v) is 6.73. The van der Waals surface area contributed by atoms with E-state index in [9.17, 15) is 14.4 Å². The van der Waals surface area contributed by atoms with Gasteiger partial charge in [-0.2, -0.15) is 0 Å². The van der Waals surface area contributed by atoms with Gasteiger partial charge in [-0.1, -0.05) is 28.8 Å². The lowest BCUT2D eigenvalue weighted by Gasteiger charge is -2.11. The van der Waals surface area contributed by atoms with Gasteiger partial charge in [-0.3, -0.25) is 9.59 Å². The molecule has 0 aliphatic carbocycles. The minimum atomic E-state index is -0.795. The molecule has 1 aromatic carbocycles. The number of thiophene rings is 1. The molecule has 100 valence electrons. The molecule has 0 fully saturated rings. The number of hydroxylamine groups is 2. The summed E-state index contributed by atoms with van der Waals surface area (Å²) in [4.78, 5) is 40.9. The molecule has 20 heavy (non-hydrogen) atoms. The van der Waals surface area contributed by atoms with Crippen LogP contribution >= 0.6 is 22.9 Å². The van der Waals surface area contributed by atoms with Crippen LogP contribution < -0.4 is 0 Å². The zero-order chi connectivity index (χ0) is 14.3. The number of carbonyl (C=O) groups is 3. The summed E-state index contributed by atoms with van der Waals surface area (Å²) in [5.74, 6) is -2.10. The van der Waals surface area contributed by atoms with Gasteiger partial charge < -0.3 is 4.84 Å². The first kappa shape index (κ1) is 12.8. The van der Waals surface area contributed by atoms with E-state index in [1.165, 1.54) is 24.3 Å². The Balaban J connectivity index is 1.85. The molecule has 1 aromatic heterocycles. The monoisotopic (exact) mass is 307 g/mol. The SMILES string of the molecule is O=C(ON1C(=O)c2ccccc2C1=O)c1ccc(Cl)s1. The van der Waals surface area contributed by atoms with E-state index < -0.39 is 17.8 Å². The minimum absolute atomic E-state index is 0.214. The Morgan fingerprint density at radius 2 is 1.65 bits per heavy atom. The smallest absolute Gasteiger partial charge is 0.323 e. The van der Waals surface area contributed by atoms with E-state index in [2.05, 4.69) is 0 Å². The maximum atomic E-state index is 12.0. The van der Waals surface area contributed by atoms with E-state index in [1.807, 2.05) is 0 Å². The number of fused-ring (bicyclic) bond motifs is 1. The van der Waals surface area contributed by atoms with Gasteiger partial charge in [0.25, 0.3) is 11.8 Å². The molecule has 2 heterocycles. The van der Waals surface area contributed by atoms with Gasteiger partial charge in [0.1, 0.15) is 4.88 Å². The maximum absolute atomic E-state index is 12.0. The largest absolute Gasteiger partial charge is 0.373 e. The van der Waals surface area contributed by atoms with E-state index in [0.29, 0.717) is 9.40 Å². The van der Waals surface area contributed by atoms with Crippen LogP contribution in [-0.2, 0) is 4.84 Å². The second kappa shape index (κ2) is 4.73. The maximum Gasteiger partial charge on any atom is 0.373 e. The highest BCUT2D eigenvalue weighted by atomic mass is 35.5. The molecular formula is C13H6ClNO4S. The Labute approximate surface area is 122 Å². The Morgan fingerprint density at radius 3 is 2.15 bits per heavy atom. The lowest BCUT2D eigenvalue weighted by molar-refractivity contribution is -0.0581. The van der Waals surface area contributed by atoms with Crippen molar-refractivity contribution in [3.8, 4) is 0 Å². The topological polar surface area (TPSA) is 63.7 Å². The number of benzene rings is 1. The summed E-state index contributed by atoms with van der Waals surface area (Å²) in [6.07, 6.45) is 0. The zero-order valence-corrected chi connectivity index (χ0v) is 11.4. The molecule has 0 saturated carbocycles. The van der Waals surface area contributed by atoms with Crippen molar-refractivity contribution in [2.45, 2.75) is 0 Å². The fourth-order valence-corrected chi connectivity index (χ4v) is 2.72. The van der Waals surface area contributed by atoms with Crippen LogP contribution in [0.25, 0.3) is 0 Å². The van der Waals surface area contributed by atoms with Crippen molar-refractivity contribution < 1.29 is 19.2 Å². The van der Waals surface area contributed by atoms with Crippen LogP contribution in [0.2, 0.25) is 4.34 Å². The number of carbonyl (C=O) groups excluding carboxylic acids is 3. The van der Waals surface area contributed by atoms with Gasteiger partial charge in [-0.05, 0) is 24.3 Å². The number of nitrogens with zero attached hydrogens (tertiary/aromatic N) is 1. The van der Waals surface area contributed by atoms with Crippen LogP contribution in [0.1, 0.15) is 30.4 Å². The summed E-state index contributed by atoms with van der Waals surface area (Å²) >= 11 is 6.72. The molecule has 3 rings (SSSR count). The average Bonchev–Trinajstić information content (AvgIpc) is 2.98. The summed E-state index contributed by atoms with van der Waals surface area (Å²) in [5, 5.41) is 0.473. The number of halogens is 1. The van der Waals surface area contributed by atoms with Crippen LogP contribution in [0.15, 0.2) is 36.4 Å². The first-order valence-electron chi connectivity index (χ1n) is 5.53. The Bertz CT molecular complexity index is 704. The van der Waals surface area contributed by atoms with E-state index >= 15 is 0 Å². The molecule has 7 heteroatoms. The average molecular weight is 308 g/mol. The summed E-state index contributed by atoms with van der Waals surface area (Å²) in [7, 11) is 0. The number of amides is 2. The molecule has 1 aliphatic heterocycles. The summed E-state index contributed by atoms with van der Waals surface area (Å²) in [5.41, 5.74) is 0.434. The molecule has 2 amide bonds. The van der Waals surface area contributed by atoms with E-state index in [1.54, 1.807) is 12.1 Å². The normalized spacial score (nSPS) is 13.6. The molecule has 0 atom stereocenters. The van der Waals surface area contributed by atoms with Gasteiger partial charge in [0.2, 0.25) is 0 Å². The Morgan fingerprint density at radius 1 is 1.05 bits per heavy atom. The molecule has 0 unspecified atom stereocenters. The highest BCUT2D eigenvalue weighted by Crippen LogP contribution is 2.26. The molecule has 2 aromatic rings. The predicted molar refractivity (Wildman–Crippen MR) is 71.7 cm³/mol. The van der Waals surface area contributed by atoms with Crippen LogP contribution in [0.3, 0.4) is 0 Å². The lowest BCUT2D eigenvalue weighted by Crippen LogP contribution is -2.32. The third kappa shape index (κ3) is 1.99. The van der Waals surface area contributed by atoms with Crippen molar-refractivity contribution in [2.75, 3.05) is 0 Å². The molecule has 0 N–H and O–H groups in total. The van der Waals surface area contributed by atoms with Crippen LogP contribution in [0.5, 0.6) is 0 Å². The lowest BCUT2D eigenvalue weighted by atomic mass is 10.1. The van der Waals surface area contributed by atoms with Crippen molar-refractivity contribution in [3.05, 3.63) is 56.7 Å². The van der Waals surface area contributed by atoms with Gasteiger partial charge in [-0.15, -0.1) is 11.3 Å². The number of imide groups is 1. The van der Waals surface area contributed by atoms with Crippen LogP contribution in [0.4, 0.5) is 0 Å². The molecule has 0 spiro atoms. The van der Waals surface area contributed by atoms with Gasteiger partial charge >= 0.3 is 5.97 Å². The molecule has 0 bridgehead atoms. The Hall–Kier alpha value is -2.18. The molecular weight excluding hydrogens is 302 g/mol. The summed E-state index contributed by atoms with van der Waals surface area (Å²) in [6, 6.07) is 9.28. The highest BCUT2D eigenvalue weighted by Gasteiger charge is 2.38. The van der Waals surface area contributed by atoms with Gasteiger partial charge in [0.15, 0.2) is 0 Å². The van der Waals surface area contributed by atoms with Crippen LogP contribution in [0, 0.1) is 0 Å².